The molecule has 0 spiro atoms. The molecule has 0 atom stereocenters. The molecule has 4 nitrogen and oxygen atoms in total. The average Bonchev–Trinajstić information content (AvgIpc) is 2.60. The van der Waals surface area contributed by atoms with Crippen LogP contribution in [0.3, 0.4) is 0 Å². The second-order valence-corrected chi connectivity index (χ2v) is 4.51. The number of methoxy groups -OCH3 is 2. The van der Waals surface area contributed by atoms with Crippen molar-refractivity contribution in [2.75, 3.05) is 14.2 Å². The third-order valence-electron chi connectivity index (χ3n) is 3.19. The molecule has 0 saturated heterocycles. The summed E-state index contributed by atoms with van der Waals surface area (Å²) < 4.78 is 24.3. The van der Waals surface area contributed by atoms with Crippen molar-refractivity contribution in [2.45, 2.75) is 0 Å². The highest BCUT2D eigenvalue weighted by molar-refractivity contribution is 6.11. The molecule has 2 N–H and O–H groups in total. The molecule has 114 valence electrons. The molecule has 2 aromatic carbocycles. The van der Waals surface area contributed by atoms with E-state index in [-0.39, 0.29) is 11.3 Å². The molecule has 0 saturated carbocycles. The molecule has 0 heterocycles. The van der Waals surface area contributed by atoms with Crippen LogP contribution >= 0.6 is 0 Å². The van der Waals surface area contributed by atoms with Crippen LogP contribution in [0.5, 0.6) is 11.5 Å². The standard InChI is InChI=1S/C17H16FNO3/c1-21-13-7-3-11(4-8-13)16(19)15(18)17(20)12-5-9-14(22-2)10-6-12/h3-10H,19H2,1-2H3/b16-15+. The fourth-order valence-corrected chi connectivity index (χ4v) is 1.89. The molecule has 0 radical (unpaired) electrons. The third kappa shape index (κ3) is 3.25. The summed E-state index contributed by atoms with van der Waals surface area (Å²) in [5.41, 5.74) is 6.16. The number of rotatable bonds is 5. The van der Waals surface area contributed by atoms with Gasteiger partial charge in [0.2, 0.25) is 5.78 Å². The van der Waals surface area contributed by atoms with Crippen LogP contribution in [0.1, 0.15) is 15.9 Å². The quantitative estimate of drug-likeness (QED) is 0.680. The fourth-order valence-electron chi connectivity index (χ4n) is 1.89. The highest BCUT2D eigenvalue weighted by atomic mass is 19.1. The predicted molar refractivity (Wildman–Crippen MR) is 82.5 cm³/mol. The number of allylic oxidation sites excluding steroid dienone is 1. The molecular weight excluding hydrogens is 285 g/mol. The predicted octanol–water partition coefficient (Wildman–Crippen LogP) is 3.18. The molecule has 0 aromatic heterocycles. The number of carbonyl (C=O) groups excluding carboxylic acids is 1. The van der Waals surface area contributed by atoms with Gasteiger partial charge in [-0.25, -0.2) is 4.39 Å². The lowest BCUT2D eigenvalue weighted by Crippen LogP contribution is -2.08. The van der Waals surface area contributed by atoms with Crippen molar-refractivity contribution < 1.29 is 18.7 Å². The minimum Gasteiger partial charge on any atom is -0.497 e. The van der Waals surface area contributed by atoms with E-state index in [1.54, 1.807) is 36.4 Å². The van der Waals surface area contributed by atoms with E-state index in [1.807, 2.05) is 0 Å². The molecule has 22 heavy (non-hydrogen) atoms. The number of hydrogen-bond acceptors (Lipinski definition) is 4. The van der Waals surface area contributed by atoms with Crippen LogP contribution in [0.4, 0.5) is 4.39 Å². The number of nitrogens with two attached hydrogens (primary N) is 1. The molecule has 2 rings (SSSR count). The van der Waals surface area contributed by atoms with Crippen molar-refractivity contribution in [2.24, 2.45) is 5.73 Å². The van der Waals surface area contributed by atoms with Crippen molar-refractivity contribution in [3.05, 3.63) is 65.5 Å². The van der Waals surface area contributed by atoms with Gasteiger partial charge < -0.3 is 15.2 Å². The Morgan fingerprint density at radius 2 is 1.27 bits per heavy atom. The first kappa shape index (κ1) is 15.6. The van der Waals surface area contributed by atoms with E-state index in [2.05, 4.69) is 0 Å². The van der Waals surface area contributed by atoms with Crippen molar-refractivity contribution in [1.29, 1.82) is 0 Å². The lowest BCUT2D eigenvalue weighted by molar-refractivity contribution is 0.101. The van der Waals surface area contributed by atoms with Crippen LogP contribution in [0.25, 0.3) is 5.70 Å². The molecule has 5 heteroatoms. The second-order valence-electron chi connectivity index (χ2n) is 4.51. The van der Waals surface area contributed by atoms with E-state index in [0.29, 0.717) is 17.1 Å². The Morgan fingerprint density at radius 3 is 1.68 bits per heavy atom. The topological polar surface area (TPSA) is 61.5 Å². The molecular formula is C17H16FNO3. The summed E-state index contributed by atoms with van der Waals surface area (Å²) in [6, 6.07) is 12.6. The third-order valence-corrected chi connectivity index (χ3v) is 3.19. The van der Waals surface area contributed by atoms with Crippen LogP contribution in [-0.4, -0.2) is 20.0 Å². The Bertz CT molecular complexity index is 691. The molecule has 0 bridgehead atoms. The summed E-state index contributed by atoms with van der Waals surface area (Å²) in [5.74, 6) is -0.547. The van der Waals surface area contributed by atoms with Gasteiger partial charge in [-0.1, -0.05) is 0 Å². The molecule has 0 aliphatic carbocycles. The van der Waals surface area contributed by atoms with Gasteiger partial charge in [-0.05, 0) is 48.5 Å². The molecule has 0 aliphatic heterocycles. The number of Topliss-reactive ketones (excluding diaryl/α,β-unsaturated/α-hetero) is 1. The highest BCUT2D eigenvalue weighted by Gasteiger charge is 2.17. The number of carbonyl (C=O) groups is 1. The van der Waals surface area contributed by atoms with Gasteiger partial charge in [-0.15, -0.1) is 0 Å². The fraction of sp³-hybridized carbons (Fsp3) is 0.118. The van der Waals surface area contributed by atoms with Gasteiger partial charge >= 0.3 is 0 Å². The van der Waals surface area contributed by atoms with Gasteiger partial charge in [0, 0.05) is 11.1 Å². The van der Waals surface area contributed by atoms with Crippen LogP contribution < -0.4 is 15.2 Å². The van der Waals surface area contributed by atoms with Crippen LogP contribution in [-0.2, 0) is 0 Å². The van der Waals surface area contributed by atoms with Gasteiger partial charge in [0.1, 0.15) is 11.5 Å². The maximum Gasteiger partial charge on any atom is 0.223 e. The maximum atomic E-state index is 14.3. The Labute approximate surface area is 128 Å². The SMILES string of the molecule is COc1ccc(C(=O)/C(F)=C(\N)c2ccc(OC)cc2)cc1. The summed E-state index contributed by atoms with van der Waals surface area (Å²) in [6.07, 6.45) is 0. The maximum absolute atomic E-state index is 14.3. The minimum absolute atomic E-state index is 0.203. The van der Waals surface area contributed by atoms with Gasteiger partial charge in [0.15, 0.2) is 5.83 Å². The highest BCUT2D eigenvalue weighted by Crippen LogP contribution is 2.22. The van der Waals surface area contributed by atoms with Crippen molar-refractivity contribution in [1.82, 2.24) is 0 Å². The Hall–Kier alpha value is -2.82. The number of benzene rings is 2. The van der Waals surface area contributed by atoms with Gasteiger partial charge in [-0.2, -0.15) is 0 Å². The Kier molecular flexibility index (Phi) is 4.78. The summed E-state index contributed by atoms with van der Waals surface area (Å²) >= 11 is 0. The lowest BCUT2D eigenvalue weighted by Gasteiger charge is -2.06. The van der Waals surface area contributed by atoms with Crippen LogP contribution in [0.2, 0.25) is 0 Å². The number of ether oxygens (including phenoxy) is 2. The number of hydrogen-bond donors (Lipinski definition) is 1. The van der Waals surface area contributed by atoms with E-state index in [1.165, 1.54) is 26.4 Å². The Morgan fingerprint density at radius 1 is 0.864 bits per heavy atom. The zero-order chi connectivity index (χ0) is 16.1. The molecule has 0 unspecified atom stereocenters. The first-order valence-corrected chi connectivity index (χ1v) is 6.55. The second kappa shape index (κ2) is 6.76. The van der Waals surface area contributed by atoms with E-state index < -0.39 is 11.6 Å². The zero-order valence-corrected chi connectivity index (χ0v) is 12.3. The summed E-state index contributed by atoms with van der Waals surface area (Å²) in [5, 5.41) is 0. The van der Waals surface area contributed by atoms with Crippen LogP contribution in [0.15, 0.2) is 54.4 Å². The van der Waals surface area contributed by atoms with Gasteiger partial charge in [0.05, 0.1) is 19.9 Å². The molecule has 2 aromatic rings. The van der Waals surface area contributed by atoms with E-state index in [9.17, 15) is 9.18 Å². The molecule has 0 fully saturated rings. The smallest absolute Gasteiger partial charge is 0.223 e. The zero-order valence-electron chi connectivity index (χ0n) is 12.3. The van der Waals surface area contributed by atoms with Gasteiger partial charge in [0.25, 0.3) is 0 Å². The molecule has 0 amide bonds. The van der Waals surface area contributed by atoms with E-state index >= 15 is 0 Å². The first-order chi connectivity index (χ1) is 10.6. The molecule has 0 aliphatic rings. The van der Waals surface area contributed by atoms with Crippen molar-refractivity contribution >= 4 is 11.5 Å². The number of halogens is 1. The van der Waals surface area contributed by atoms with Gasteiger partial charge in [-0.3, -0.25) is 4.79 Å². The summed E-state index contributed by atoms with van der Waals surface area (Å²) in [4.78, 5) is 12.1. The Balaban J connectivity index is 2.29. The average molecular weight is 301 g/mol. The largest absolute Gasteiger partial charge is 0.497 e. The van der Waals surface area contributed by atoms with Crippen LogP contribution in [0, 0.1) is 0 Å². The normalized spacial score (nSPS) is 11.6. The minimum atomic E-state index is -0.990. The first-order valence-electron chi connectivity index (χ1n) is 6.55. The lowest BCUT2D eigenvalue weighted by atomic mass is 10.1. The van der Waals surface area contributed by atoms with E-state index in [0.717, 1.165) is 0 Å². The van der Waals surface area contributed by atoms with Crippen molar-refractivity contribution in [3.8, 4) is 11.5 Å². The summed E-state index contributed by atoms with van der Waals surface area (Å²) in [6.45, 7) is 0. The van der Waals surface area contributed by atoms with E-state index in [4.69, 9.17) is 15.2 Å². The number of ketones is 1. The monoisotopic (exact) mass is 301 g/mol. The summed E-state index contributed by atoms with van der Waals surface area (Å²) in [7, 11) is 3.04. The van der Waals surface area contributed by atoms with Crippen molar-refractivity contribution in [3.63, 3.8) is 0 Å².